The number of benzene rings is 1. The molecule has 2 aromatic heterocycles. The minimum absolute atomic E-state index is 0.0841. The zero-order chi connectivity index (χ0) is 29.4. The van der Waals surface area contributed by atoms with Gasteiger partial charge in [-0.15, -0.1) is 10.2 Å². The van der Waals surface area contributed by atoms with Gasteiger partial charge in [0.05, 0.1) is 12.8 Å². The first-order valence-electron chi connectivity index (χ1n) is 16.2. The molecule has 4 saturated carbocycles. The Balaban J connectivity index is 0.900. The highest BCUT2D eigenvalue weighted by Gasteiger charge is 2.50. The Kier molecular flexibility index (Phi) is 7.80. The van der Waals surface area contributed by atoms with Gasteiger partial charge in [0, 0.05) is 51.0 Å². The third-order valence-electron chi connectivity index (χ3n) is 10.4. The Morgan fingerprint density at radius 2 is 1.70 bits per heavy atom. The van der Waals surface area contributed by atoms with Crippen molar-refractivity contribution in [2.45, 2.75) is 58.9 Å². The summed E-state index contributed by atoms with van der Waals surface area (Å²) in [5, 5.41) is 12.0. The molecule has 43 heavy (non-hydrogen) atoms. The number of piperazine rings is 1. The predicted molar refractivity (Wildman–Crippen MR) is 168 cm³/mol. The van der Waals surface area contributed by atoms with Crippen LogP contribution in [0.2, 0.25) is 0 Å². The van der Waals surface area contributed by atoms with Crippen molar-refractivity contribution in [3.63, 3.8) is 0 Å². The number of rotatable bonds is 9. The van der Waals surface area contributed by atoms with E-state index in [-0.39, 0.29) is 5.91 Å². The van der Waals surface area contributed by atoms with Crippen molar-refractivity contribution in [2.24, 2.45) is 23.2 Å². The average Bonchev–Trinajstić information content (AvgIpc) is 3.00. The molecular weight excluding hydrogens is 536 g/mol. The molecule has 5 aliphatic rings. The lowest BCUT2D eigenvalue weighted by atomic mass is 9.49. The van der Waals surface area contributed by atoms with Crippen molar-refractivity contribution >= 4 is 11.7 Å². The second-order valence-corrected chi connectivity index (χ2v) is 13.6. The number of aromatic nitrogens is 3. The quantitative estimate of drug-likeness (QED) is 0.357. The molecule has 1 amide bonds. The summed E-state index contributed by atoms with van der Waals surface area (Å²) >= 11 is 0. The van der Waals surface area contributed by atoms with Crippen LogP contribution in [0.4, 0.5) is 5.82 Å². The smallest absolute Gasteiger partial charge is 0.271 e. The zero-order valence-electron chi connectivity index (χ0n) is 25.6. The van der Waals surface area contributed by atoms with Gasteiger partial charge in [-0.2, -0.15) is 0 Å². The SMILES string of the molecule is CCOc1cncc(-c2ccc(CN3CCN(c4ccc(C(=O)NCC56CC7CC(CC(C7)C5)C6)nn4)CC3)cc2C)c1. The molecule has 0 spiro atoms. The number of aryl methyl sites for hydroxylation is 1. The largest absolute Gasteiger partial charge is 0.492 e. The highest BCUT2D eigenvalue weighted by Crippen LogP contribution is 2.59. The molecule has 226 valence electrons. The van der Waals surface area contributed by atoms with Crippen molar-refractivity contribution < 1.29 is 9.53 Å². The van der Waals surface area contributed by atoms with Crippen molar-refractivity contribution in [2.75, 3.05) is 44.2 Å². The number of ether oxygens (including phenoxy) is 1. The maximum absolute atomic E-state index is 13.0. The molecule has 1 aromatic carbocycles. The Hall–Kier alpha value is -3.52. The zero-order valence-corrected chi connectivity index (χ0v) is 25.6. The van der Waals surface area contributed by atoms with E-state index in [0.717, 1.165) is 74.2 Å². The van der Waals surface area contributed by atoms with Crippen LogP contribution in [-0.2, 0) is 6.54 Å². The number of amides is 1. The number of pyridine rings is 1. The van der Waals surface area contributed by atoms with Crippen molar-refractivity contribution in [1.29, 1.82) is 0 Å². The molecular formula is C35H44N6O2. The molecule has 5 fully saturated rings. The van der Waals surface area contributed by atoms with Gasteiger partial charge in [0.15, 0.2) is 11.5 Å². The number of hydrogen-bond donors (Lipinski definition) is 1. The van der Waals surface area contributed by atoms with E-state index < -0.39 is 0 Å². The molecule has 4 bridgehead atoms. The van der Waals surface area contributed by atoms with Crippen LogP contribution in [0, 0.1) is 30.1 Å². The van der Waals surface area contributed by atoms with Gasteiger partial charge < -0.3 is 15.0 Å². The third kappa shape index (κ3) is 6.12. The molecule has 8 nitrogen and oxygen atoms in total. The predicted octanol–water partition coefficient (Wildman–Crippen LogP) is 5.51. The van der Waals surface area contributed by atoms with E-state index >= 15 is 0 Å². The van der Waals surface area contributed by atoms with Crippen LogP contribution >= 0.6 is 0 Å². The first-order chi connectivity index (χ1) is 20.9. The van der Waals surface area contributed by atoms with Crippen LogP contribution in [0.15, 0.2) is 48.8 Å². The molecule has 4 aliphatic carbocycles. The number of anilines is 1. The number of nitrogens with zero attached hydrogens (tertiary/aromatic N) is 5. The second-order valence-electron chi connectivity index (χ2n) is 13.6. The molecule has 0 radical (unpaired) electrons. The first kappa shape index (κ1) is 28.3. The van der Waals surface area contributed by atoms with Crippen LogP contribution in [0.3, 0.4) is 0 Å². The highest BCUT2D eigenvalue weighted by atomic mass is 16.5. The Morgan fingerprint density at radius 3 is 2.35 bits per heavy atom. The minimum atomic E-state index is -0.0841. The fraction of sp³-hybridized carbons (Fsp3) is 0.543. The summed E-state index contributed by atoms with van der Waals surface area (Å²) < 4.78 is 5.64. The van der Waals surface area contributed by atoms with E-state index in [1.807, 2.05) is 25.3 Å². The number of nitrogens with one attached hydrogen (secondary N) is 1. The molecule has 0 atom stereocenters. The highest BCUT2D eigenvalue weighted by molar-refractivity contribution is 5.92. The van der Waals surface area contributed by atoms with Gasteiger partial charge in [-0.05, 0) is 110 Å². The van der Waals surface area contributed by atoms with E-state index in [0.29, 0.717) is 17.7 Å². The van der Waals surface area contributed by atoms with Crippen LogP contribution in [0.1, 0.15) is 67.1 Å². The number of carbonyl (C=O) groups is 1. The van der Waals surface area contributed by atoms with Gasteiger partial charge in [0.2, 0.25) is 0 Å². The normalized spacial score (nSPS) is 26.5. The summed E-state index contributed by atoms with van der Waals surface area (Å²) in [7, 11) is 0. The van der Waals surface area contributed by atoms with E-state index in [2.05, 4.69) is 61.5 Å². The summed E-state index contributed by atoms with van der Waals surface area (Å²) in [5.74, 6) is 4.23. The topological polar surface area (TPSA) is 83.5 Å². The van der Waals surface area contributed by atoms with Gasteiger partial charge in [0.1, 0.15) is 5.75 Å². The molecule has 1 saturated heterocycles. The monoisotopic (exact) mass is 580 g/mol. The maximum Gasteiger partial charge on any atom is 0.271 e. The number of carbonyl (C=O) groups excluding carboxylic acids is 1. The summed E-state index contributed by atoms with van der Waals surface area (Å²) in [6.45, 7) is 10.2. The van der Waals surface area contributed by atoms with Gasteiger partial charge in [0.25, 0.3) is 5.91 Å². The average molecular weight is 581 g/mol. The summed E-state index contributed by atoms with van der Waals surface area (Å²) in [6.07, 6.45) is 11.8. The maximum atomic E-state index is 13.0. The molecule has 1 aliphatic heterocycles. The second kappa shape index (κ2) is 11.9. The first-order valence-corrected chi connectivity index (χ1v) is 16.2. The Bertz CT molecular complexity index is 1410. The fourth-order valence-corrected chi connectivity index (χ4v) is 8.83. The molecule has 3 heterocycles. The van der Waals surface area contributed by atoms with Crippen LogP contribution in [0.5, 0.6) is 5.75 Å². The van der Waals surface area contributed by atoms with Gasteiger partial charge in [-0.25, -0.2) is 0 Å². The fourth-order valence-electron chi connectivity index (χ4n) is 8.83. The van der Waals surface area contributed by atoms with E-state index in [4.69, 9.17) is 4.74 Å². The van der Waals surface area contributed by atoms with Crippen molar-refractivity contribution in [3.8, 4) is 16.9 Å². The van der Waals surface area contributed by atoms with Crippen molar-refractivity contribution in [3.05, 3.63) is 65.6 Å². The summed E-state index contributed by atoms with van der Waals surface area (Å²) in [4.78, 5) is 22.1. The standard InChI is InChI=1S/C35H44N6O2/c1-3-43-30-16-29(20-36-21-30)31-5-4-25(12-24(31)2)22-40-8-10-41(11-9-40)33-7-6-32(38-39-33)34(42)37-23-35-17-26-13-27(18-35)15-28(14-26)19-35/h4-7,12,16,20-21,26-28H,3,8-11,13-15,17-19,22-23H2,1-2H3,(H,37,42). The minimum Gasteiger partial charge on any atom is -0.492 e. The number of hydrogen-bond acceptors (Lipinski definition) is 7. The Morgan fingerprint density at radius 1 is 0.953 bits per heavy atom. The lowest BCUT2D eigenvalue weighted by Gasteiger charge is -2.56. The van der Waals surface area contributed by atoms with Gasteiger partial charge in [-0.3, -0.25) is 14.7 Å². The van der Waals surface area contributed by atoms with Gasteiger partial charge in [-0.1, -0.05) is 18.2 Å². The molecule has 3 aromatic rings. The molecule has 8 heteroatoms. The third-order valence-corrected chi connectivity index (χ3v) is 10.4. The van der Waals surface area contributed by atoms with Crippen LogP contribution < -0.4 is 15.0 Å². The Labute approximate surface area is 255 Å². The summed E-state index contributed by atoms with van der Waals surface area (Å²) in [5.41, 5.74) is 5.56. The van der Waals surface area contributed by atoms with Crippen LogP contribution in [0.25, 0.3) is 11.1 Å². The summed E-state index contributed by atoms with van der Waals surface area (Å²) in [6, 6.07) is 12.6. The van der Waals surface area contributed by atoms with Gasteiger partial charge >= 0.3 is 0 Å². The van der Waals surface area contributed by atoms with E-state index in [1.54, 1.807) is 6.20 Å². The van der Waals surface area contributed by atoms with Crippen LogP contribution in [-0.4, -0.2) is 65.3 Å². The van der Waals surface area contributed by atoms with E-state index in [1.165, 1.54) is 55.2 Å². The molecule has 1 N–H and O–H groups in total. The lowest BCUT2D eigenvalue weighted by Crippen LogP contribution is -2.51. The lowest BCUT2D eigenvalue weighted by molar-refractivity contribution is -0.0503. The molecule has 0 unspecified atom stereocenters. The van der Waals surface area contributed by atoms with Crippen molar-refractivity contribution in [1.82, 2.24) is 25.4 Å². The van der Waals surface area contributed by atoms with E-state index in [9.17, 15) is 4.79 Å². The molecule has 8 rings (SSSR count).